The average molecular weight is 522 g/mol. The molecule has 0 bridgehead atoms. The second-order valence-electron chi connectivity index (χ2n) is 8.32. The van der Waals surface area contributed by atoms with Crippen molar-refractivity contribution in [1.29, 1.82) is 0 Å². The molecule has 1 saturated heterocycles. The number of hydrogen-bond acceptors (Lipinski definition) is 10. The van der Waals surface area contributed by atoms with E-state index in [1.807, 2.05) is 0 Å². The maximum atomic E-state index is 13.5. The van der Waals surface area contributed by atoms with E-state index in [1.165, 1.54) is 14.2 Å². The van der Waals surface area contributed by atoms with E-state index in [9.17, 15) is 12.8 Å². The van der Waals surface area contributed by atoms with Gasteiger partial charge in [-0.25, -0.2) is 22.8 Å². The van der Waals surface area contributed by atoms with E-state index in [0.29, 0.717) is 36.2 Å². The summed E-state index contributed by atoms with van der Waals surface area (Å²) in [4.78, 5) is 7.90. The Morgan fingerprint density at radius 1 is 1.11 bits per heavy atom. The van der Waals surface area contributed by atoms with Crippen molar-refractivity contribution in [2.24, 2.45) is 0 Å². The largest absolute Gasteiger partial charge is 0.494 e. The molecule has 194 valence electrons. The third-order valence-electron chi connectivity index (χ3n) is 6.13. The summed E-state index contributed by atoms with van der Waals surface area (Å²) in [7, 11) is -0.798. The quantitative estimate of drug-likeness (QED) is 0.414. The second-order valence-corrected chi connectivity index (χ2v) is 10.7. The summed E-state index contributed by atoms with van der Waals surface area (Å²) in [5, 5.41) is 7.63. The number of para-hydroxylation sites is 1. The first-order valence-corrected chi connectivity index (χ1v) is 13.0. The molecule has 3 atom stereocenters. The number of sulfone groups is 1. The minimum atomic E-state index is -3.81. The molecule has 0 aliphatic carbocycles. The molecule has 1 fully saturated rings. The van der Waals surface area contributed by atoms with E-state index in [2.05, 4.69) is 20.2 Å². The van der Waals surface area contributed by atoms with Gasteiger partial charge in [0.1, 0.15) is 34.9 Å². The molecule has 4 rings (SSSR count). The van der Waals surface area contributed by atoms with Crippen LogP contribution >= 0.6 is 0 Å². The van der Waals surface area contributed by atoms with Crippen molar-refractivity contribution >= 4 is 9.84 Å². The van der Waals surface area contributed by atoms with Gasteiger partial charge in [-0.1, -0.05) is 13.0 Å². The van der Waals surface area contributed by atoms with Gasteiger partial charge in [-0.05, 0) is 19.1 Å². The molecule has 0 spiro atoms. The number of benzene rings is 1. The number of nitrogens with zero attached hydrogens (tertiary/aromatic N) is 5. The Hall–Kier alpha value is -3.16. The molecular formula is C23H28FN5O6S. The Labute approximate surface area is 208 Å². The molecule has 2 aromatic heterocycles. The van der Waals surface area contributed by atoms with E-state index in [1.54, 1.807) is 36.6 Å². The first-order chi connectivity index (χ1) is 17.3. The van der Waals surface area contributed by atoms with Gasteiger partial charge < -0.3 is 18.9 Å². The second kappa shape index (κ2) is 10.8. The molecule has 11 nitrogen and oxygen atoms in total. The summed E-state index contributed by atoms with van der Waals surface area (Å²) in [5.74, 6) is -0.00966. The van der Waals surface area contributed by atoms with Crippen molar-refractivity contribution < 1.29 is 31.8 Å². The smallest absolute Gasteiger partial charge is 0.169 e. The fourth-order valence-electron chi connectivity index (χ4n) is 3.95. The van der Waals surface area contributed by atoms with E-state index in [0.717, 1.165) is 12.4 Å². The molecular weight excluding hydrogens is 493 g/mol. The highest BCUT2D eigenvalue weighted by atomic mass is 32.2. The molecule has 36 heavy (non-hydrogen) atoms. The predicted molar refractivity (Wildman–Crippen MR) is 126 cm³/mol. The first-order valence-electron chi connectivity index (χ1n) is 11.3. The van der Waals surface area contributed by atoms with Crippen LogP contribution in [0, 0.1) is 5.82 Å². The summed E-state index contributed by atoms with van der Waals surface area (Å²) in [6.07, 6.45) is 1.46. The predicted octanol–water partition coefficient (Wildman–Crippen LogP) is 2.41. The molecule has 3 heterocycles. The van der Waals surface area contributed by atoms with Gasteiger partial charge in [0.05, 0.1) is 51.7 Å². The molecule has 0 unspecified atom stereocenters. The van der Waals surface area contributed by atoms with E-state index in [4.69, 9.17) is 18.9 Å². The molecule has 13 heteroatoms. The zero-order chi connectivity index (χ0) is 25.9. The lowest BCUT2D eigenvalue weighted by Crippen LogP contribution is -2.28. The molecule has 1 aliphatic rings. The lowest BCUT2D eigenvalue weighted by molar-refractivity contribution is -0.0942. The van der Waals surface area contributed by atoms with Crippen LogP contribution in [0.2, 0.25) is 0 Å². The van der Waals surface area contributed by atoms with Gasteiger partial charge in [-0.3, -0.25) is 4.57 Å². The van der Waals surface area contributed by atoms with Crippen molar-refractivity contribution in [2.45, 2.75) is 36.9 Å². The lowest BCUT2D eigenvalue weighted by atomic mass is 10.1. The molecule has 3 aromatic rings. The van der Waals surface area contributed by atoms with Crippen molar-refractivity contribution in [2.75, 3.05) is 34.0 Å². The summed E-state index contributed by atoms with van der Waals surface area (Å²) < 4.78 is 64.4. The van der Waals surface area contributed by atoms with Crippen LogP contribution in [0.4, 0.5) is 4.39 Å². The fraction of sp³-hybridized carbons (Fsp3) is 0.478. The number of rotatable bonds is 9. The number of methoxy groups -OCH3 is 2. The number of aromatic nitrogens is 5. The number of ether oxygens (including phenoxy) is 4. The van der Waals surface area contributed by atoms with Gasteiger partial charge in [0, 0.05) is 5.92 Å². The number of hydrogen-bond donors (Lipinski definition) is 0. The van der Waals surface area contributed by atoms with Gasteiger partial charge >= 0.3 is 0 Å². The summed E-state index contributed by atoms with van der Waals surface area (Å²) in [6.45, 7) is 4.29. The van der Waals surface area contributed by atoms with Gasteiger partial charge in [0.2, 0.25) is 0 Å². The van der Waals surface area contributed by atoms with Crippen molar-refractivity contribution in [3.63, 3.8) is 0 Å². The minimum Gasteiger partial charge on any atom is -0.494 e. The van der Waals surface area contributed by atoms with Crippen LogP contribution in [0.25, 0.3) is 5.69 Å². The van der Waals surface area contributed by atoms with Crippen LogP contribution in [0.1, 0.15) is 43.3 Å². The van der Waals surface area contributed by atoms with Crippen LogP contribution in [0.3, 0.4) is 0 Å². The first kappa shape index (κ1) is 25.9. The van der Waals surface area contributed by atoms with Gasteiger partial charge in [0.15, 0.2) is 27.3 Å². The summed E-state index contributed by atoms with van der Waals surface area (Å²) in [5.41, 5.74) is 0.449. The van der Waals surface area contributed by atoms with Gasteiger partial charge in [-0.2, -0.15) is 0 Å². The minimum absolute atomic E-state index is 0.154. The van der Waals surface area contributed by atoms with Crippen LogP contribution in [0.15, 0.2) is 30.6 Å². The Morgan fingerprint density at radius 3 is 2.36 bits per heavy atom. The van der Waals surface area contributed by atoms with Crippen LogP contribution in [-0.4, -0.2) is 72.4 Å². The highest BCUT2D eigenvalue weighted by molar-refractivity contribution is 7.91. The Morgan fingerprint density at radius 2 is 1.78 bits per heavy atom. The SMILES string of the molecule is COc1cccc(OC)c1-n1c(CS(=O)(=O)[C@@H](C)[C@H](C)c2ncc(F)cn2)nnc1[C@H]1COCCO1. The maximum absolute atomic E-state index is 13.5. The molecule has 1 aliphatic heterocycles. The maximum Gasteiger partial charge on any atom is 0.169 e. The van der Waals surface area contributed by atoms with E-state index in [-0.39, 0.29) is 18.3 Å². The fourth-order valence-corrected chi connectivity index (χ4v) is 5.51. The third-order valence-corrected chi connectivity index (χ3v) is 8.33. The lowest BCUT2D eigenvalue weighted by Gasteiger charge is -2.25. The monoisotopic (exact) mass is 521 g/mol. The van der Waals surface area contributed by atoms with Crippen LogP contribution in [-0.2, 0) is 25.1 Å². The average Bonchev–Trinajstić information content (AvgIpc) is 3.30. The standard InChI is InChI=1S/C23H28FN5O6S/c1-14(22-25-10-16(24)11-26-22)15(2)36(30,31)13-20-27-28-23(19-12-34-8-9-35-19)29(20)21-17(32-3)6-5-7-18(21)33-4/h5-7,10-11,14-15,19H,8-9,12-13H2,1-4H3/t14-,15-,19+/m0/s1. The highest BCUT2D eigenvalue weighted by Gasteiger charge is 2.34. The Kier molecular flexibility index (Phi) is 7.81. The highest BCUT2D eigenvalue weighted by Crippen LogP contribution is 2.37. The van der Waals surface area contributed by atoms with Gasteiger partial charge in [-0.15, -0.1) is 10.2 Å². The molecule has 0 radical (unpaired) electrons. The van der Waals surface area contributed by atoms with Gasteiger partial charge in [0.25, 0.3) is 0 Å². The molecule has 0 saturated carbocycles. The molecule has 1 aromatic carbocycles. The van der Waals surface area contributed by atoms with E-state index < -0.39 is 38.7 Å². The normalized spacial score (nSPS) is 18.0. The zero-order valence-corrected chi connectivity index (χ0v) is 21.2. The Balaban J connectivity index is 1.77. The Bertz CT molecular complexity index is 1270. The van der Waals surface area contributed by atoms with Crippen molar-refractivity contribution in [3.05, 3.63) is 53.9 Å². The zero-order valence-electron chi connectivity index (χ0n) is 20.4. The molecule has 0 N–H and O–H groups in total. The van der Waals surface area contributed by atoms with Crippen molar-refractivity contribution in [1.82, 2.24) is 24.7 Å². The topological polar surface area (TPSA) is 128 Å². The summed E-state index contributed by atoms with van der Waals surface area (Å²) >= 11 is 0. The molecule has 0 amide bonds. The van der Waals surface area contributed by atoms with Crippen molar-refractivity contribution in [3.8, 4) is 17.2 Å². The number of halogens is 1. The third kappa shape index (κ3) is 5.18. The van der Waals surface area contributed by atoms with Crippen LogP contribution in [0.5, 0.6) is 11.5 Å². The van der Waals surface area contributed by atoms with E-state index >= 15 is 0 Å². The summed E-state index contributed by atoms with van der Waals surface area (Å²) in [6, 6.07) is 5.22. The van der Waals surface area contributed by atoms with Crippen LogP contribution < -0.4 is 9.47 Å².